The molecule has 2 atom stereocenters. The predicted molar refractivity (Wildman–Crippen MR) is 81.5 cm³/mol. The van der Waals surface area contributed by atoms with Crippen LogP contribution in [0.5, 0.6) is 0 Å². The Morgan fingerprint density at radius 3 is 1.95 bits per heavy atom. The normalized spacial score (nSPS) is 15.2. The molecule has 0 radical (unpaired) electrons. The Kier molecular flexibility index (Phi) is 5.35. The minimum absolute atomic E-state index is 0.306. The number of sulfonamides is 1. The number of hydrogen-bond acceptors (Lipinski definition) is 3. The predicted octanol–water partition coefficient (Wildman–Crippen LogP) is 2.36. The number of hydrogen-bond donors (Lipinski definition) is 2. The Hall–Kier alpha value is -0.910. The van der Waals surface area contributed by atoms with Crippen LogP contribution in [0.1, 0.15) is 42.5 Å². The summed E-state index contributed by atoms with van der Waals surface area (Å²) in [7, 11) is -3.57. The lowest BCUT2D eigenvalue weighted by atomic mass is 10.0. The van der Waals surface area contributed by atoms with Crippen molar-refractivity contribution in [3.63, 3.8) is 0 Å². The average molecular weight is 299 g/mol. The van der Waals surface area contributed by atoms with Gasteiger partial charge in [-0.15, -0.1) is 0 Å². The highest BCUT2D eigenvalue weighted by molar-refractivity contribution is 7.89. The Bertz CT molecular complexity index is 565. The van der Waals surface area contributed by atoms with E-state index >= 15 is 0 Å². The molecule has 0 spiro atoms. The van der Waals surface area contributed by atoms with Crippen LogP contribution in [-0.2, 0) is 10.0 Å². The number of nitrogens with one attached hydrogen (secondary N) is 1. The van der Waals surface area contributed by atoms with Crippen LogP contribution < -0.4 is 4.72 Å². The number of aryl methyl sites for hydroxylation is 2. The van der Waals surface area contributed by atoms with Crippen molar-refractivity contribution >= 4 is 10.0 Å². The van der Waals surface area contributed by atoms with Crippen LogP contribution in [0.4, 0.5) is 0 Å². The molecule has 2 N–H and O–H groups in total. The summed E-state index contributed by atoms with van der Waals surface area (Å²) >= 11 is 0. The highest BCUT2D eigenvalue weighted by atomic mass is 32.2. The SMILES string of the molecule is Cc1cc(C)c(C)c(S(=O)(=O)NC(C)CC(C)O)c1C. The van der Waals surface area contributed by atoms with Gasteiger partial charge in [-0.1, -0.05) is 6.07 Å². The molecule has 0 aromatic heterocycles. The van der Waals surface area contributed by atoms with Gasteiger partial charge in [-0.05, 0) is 70.2 Å². The molecule has 0 saturated carbocycles. The minimum atomic E-state index is -3.57. The van der Waals surface area contributed by atoms with Crippen molar-refractivity contribution in [1.82, 2.24) is 4.72 Å². The van der Waals surface area contributed by atoms with Crippen molar-refractivity contribution in [2.75, 3.05) is 0 Å². The summed E-state index contributed by atoms with van der Waals surface area (Å²) in [6.45, 7) is 10.9. The third-order valence-corrected chi connectivity index (χ3v) is 5.48. The van der Waals surface area contributed by atoms with E-state index in [2.05, 4.69) is 4.72 Å². The molecule has 2 unspecified atom stereocenters. The zero-order valence-electron chi connectivity index (χ0n) is 13.1. The molecule has 0 aliphatic rings. The molecule has 0 bridgehead atoms. The first-order valence-electron chi connectivity index (χ1n) is 6.84. The highest BCUT2D eigenvalue weighted by Crippen LogP contribution is 2.26. The molecule has 0 amide bonds. The minimum Gasteiger partial charge on any atom is -0.393 e. The molecule has 1 aromatic carbocycles. The summed E-state index contributed by atoms with van der Waals surface area (Å²) < 4.78 is 27.8. The molecule has 0 aliphatic carbocycles. The number of aliphatic hydroxyl groups excluding tert-OH is 1. The summed E-state index contributed by atoms with van der Waals surface area (Å²) in [6.07, 6.45) is -0.142. The monoisotopic (exact) mass is 299 g/mol. The van der Waals surface area contributed by atoms with Gasteiger partial charge >= 0.3 is 0 Å². The lowest BCUT2D eigenvalue weighted by Crippen LogP contribution is -2.35. The standard InChI is InChI=1S/C15H25NO3S/c1-9-7-10(2)14(6)15(13(9)5)20(18,19)16-11(3)8-12(4)17/h7,11-12,16-17H,8H2,1-6H3. The van der Waals surface area contributed by atoms with Crippen LogP contribution in [0.15, 0.2) is 11.0 Å². The van der Waals surface area contributed by atoms with Gasteiger partial charge in [0.2, 0.25) is 10.0 Å². The molecule has 20 heavy (non-hydrogen) atoms. The number of aliphatic hydroxyl groups is 1. The smallest absolute Gasteiger partial charge is 0.241 e. The van der Waals surface area contributed by atoms with Crippen molar-refractivity contribution in [2.45, 2.75) is 65.0 Å². The van der Waals surface area contributed by atoms with Crippen molar-refractivity contribution in [1.29, 1.82) is 0 Å². The maximum Gasteiger partial charge on any atom is 0.241 e. The van der Waals surface area contributed by atoms with E-state index in [-0.39, 0.29) is 6.04 Å². The Morgan fingerprint density at radius 1 is 1.10 bits per heavy atom. The van der Waals surface area contributed by atoms with Gasteiger partial charge < -0.3 is 5.11 Å². The summed E-state index contributed by atoms with van der Waals surface area (Å²) in [4.78, 5) is 0.368. The first-order chi connectivity index (χ1) is 9.06. The molecule has 0 aliphatic heterocycles. The van der Waals surface area contributed by atoms with Gasteiger partial charge in [-0.25, -0.2) is 13.1 Å². The topological polar surface area (TPSA) is 66.4 Å². The zero-order chi connectivity index (χ0) is 15.7. The largest absolute Gasteiger partial charge is 0.393 e. The van der Waals surface area contributed by atoms with Crippen LogP contribution >= 0.6 is 0 Å². The summed E-state index contributed by atoms with van der Waals surface area (Å²) in [5.41, 5.74) is 3.50. The third-order valence-electron chi connectivity index (χ3n) is 3.62. The van der Waals surface area contributed by atoms with Gasteiger partial charge in [-0.3, -0.25) is 0 Å². The molecule has 0 saturated heterocycles. The quantitative estimate of drug-likeness (QED) is 0.877. The lowest BCUT2D eigenvalue weighted by Gasteiger charge is -2.20. The lowest BCUT2D eigenvalue weighted by molar-refractivity contribution is 0.175. The molecule has 114 valence electrons. The van der Waals surface area contributed by atoms with E-state index in [0.717, 1.165) is 22.3 Å². The zero-order valence-corrected chi connectivity index (χ0v) is 13.9. The fraction of sp³-hybridized carbons (Fsp3) is 0.600. The molecule has 1 rings (SSSR count). The van der Waals surface area contributed by atoms with Crippen molar-refractivity contribution in [3.05, 3.63) is 28.3 Å². The maximum atomic E-state index is 12.6. The van der Waals surface area contributed by atoms with Gasteiger partial charge in [0.1, 0.15) is 0 Å². The van der Waals surface area contributed by atoms with Crippen LogP contribution in [0, 0.1) is 27.7 Å². The summed E-state index contributed by atoms with van der Waals surface area (Å²) in [5.74, 6) is 0. The molecule has 4 nitrogen and oxygen atoms in total. The Labute approximate surface area is 122 Å². The van der Waals surface area contributed by atoms with Crippen LogP contribution in [-0.4, -0.2) is 25.7 Å². The van der Waals surface area contributed by atoms with E-state index in [1.165, 1.54) is 0 Å². The van der Waals surface area contributed by atoms with Crippen molar-refractivity contribution in [3.8, 4) is 0 Å². The molecule has 5 heteroatoms. The van der Waals surface area contributed by atoms with Crippen LogP contribution in [0.25, 0.3) is 0 Å². The fourth-order valence-electron chi connectivity index (χ4n) is 2.47. The van der Waals surface area contributed by atoms with Gasteiger partial charge in [0, 0.05) is 6.04 Å². The maximum absolute atomic E-state index is 12.6. The molecule has 0 heterocycles. The van der Waals surface area contributed by atoms with Crippen LogP contribution in [0.3, 0.4) is 0 Å². The second-order valence-corrected chi connectivity index (χ2v) is 7.35. The number of rotatable bonds is 5. The molecular formula is C15H25NO3S. The molecular weight excluding hydrogens is 274 g/mol. The second kappa shape index (κ2) is 6.24. The van der Waals surface area contributed by atoms with E-state index in [0.29, 0.717) is 11.3 Å². The Morgan fingerprint density at radius 2 is 1.55 bits per heavy atom. The van der Waals surface area contributed by atoms with E-state index < -0.39 is 16.1 Å². The van der Waals surface area contributed by atoms with Gasteiger partial charge in [-0.2, -0.15) is 0 Å². The van der Waals surface area contributed by atoms with Gasteiger partial charge in [0.15, 0.2) is 0 Å². The van der Waals surface area contributed by atoms with E-state index in [9.17, 15) is 13.5 Å². The van der Waals surface area contributed by atoms with E-state index in [1.54, 1.807) is 13.8 Å². The van der Waals surface area contributed by atoms with Gasteiger partial charge in [0.05, 0.1) is 11.0 Å². The number of benzene rings is 1. The van der Waals surface area contributed by atoms with Crippen molar-refractivity contribution < 1.29 is 13.5 Å². The Balaban J connectivity index is 3.23. The second-order valence-electron chi connectivity index (χ2n) is 5.70. The van der Waals surface area contributed by atoms with Gasteiger partial charge in [0.25, 0.3) is 0 Å². The third kappa shape index (κ3) is 3.81. The van der Waals surface area contributed by atoms with E-state index in [4.69, 9.17) is 0 Å². The fourth-order valence-corrected chi connectivity index (χ4v) is 4.34. The summed E-state index contributed by atoms with van der Waals surface area (Å²) in [6, 6.07) is 1.70. The molecule has 0 fully saturated rings. The van der Waals surface area contributed by atoms with Crippen LogP contribution in [0.2, 0.25) is 0 Å². The van der Waals surface area contributed by atoms with E-state index in [1.807, 2.05) is 33.8 Å². The first-order valence-corrected chi connectivity index (χ1v) is 8.32. The summed E-state index contributed by atoms with van der Waals surface area (Å²) in [5, 5.41) is 9.35. The average Bonchev–Trinajstić information content (AvgIpc) is 2.24. The van der Waals surface area contributed by atoms with Crippen molar-refractivity contribution in [2.24, 2.45) is 0 Å². The molecule has 1 aromatic rings. The highest BCUT2D eigenvalue weighted by Gasteiger charge is 2.24. The first kappa shape index (κ1) is 17.1.